The Balaban J connectivity index is 1.69. The van der Waals surface area contributed by atoms with Crippen LogP contribution in [0.1, 0.15) is 0 Å². The lowest BCUT2D eigenvalue weighted by atomic mass is 10.0. The van der Waals surface area contributed by atoms with E-state index in [2.05, 4.69) is 39.2 Å². The number of nitrogens with zero attached hydrogens (tertiary/aromatic N) is 3. The van der Waals surface area contributed by atoms with Crippen LogP contribution in [0.5, 0.6) is 17.5 Å². The Morgan fingerprint density at radius 2 is 1.27 bits per heavy atom. The van der Waals surface area contributed by atoms with Crippen molar-refractivity contribution in [3.8, 4) is 40.3 Å². The third kappa shape index (κ3) is 3.04. The van der Waals surface area contributed by atoms with Crippen LogP contribution in [0.3, 0.4) is 0 Å². The number of fused-ring (bicyclic) bond motifs is 2. The van der Waals surface area contributed by atoms with Crippen molar-refractivity contribution in [3.05, 3.63) is 72.8 Å². The first-order chi connectivity index (χ1) is 14.6. The summed E-state index contributed by atoms with van der Waals surface area (Å²) < 4.78 is 5.24. The maximum Gasteiger partial charge on any atom is 0.320 e. The molecule has 0 unspecified atom stereocenters. The molecule has 2 N–H and O–H groups in total. The molecule has 6 heteroatoms. The summed E-state index contributed by atoms with van der Waals surface area (Å²) in [6.45, 7) is 0. The number of rotatable bonds is 3. The molecule has 0 saturated heterocycles. The molecule has 0 spiro atoms. The van der Waals surface area contributed by atoms with Crippen molar-refractivity contribution in [2.75, 3.05) is 7.11 Å². The monoisotopic (exact) mass is 395 g/mol. The van der Waals surface area contributed by atoms with Gasteiger partial charge < -0.3 is 14.9 Å². The van der Waals surface area contributed by atoms with Gasteiger partial charge in [0.2, 0.25) is 0 Å². The van der Waals surface area contributed by atoms with Gasteiger partial charge in [-0.05, 0) is 51.9 Å². The molecule has 4 aromatic carbocycles. The Morgan fingerprint density at radius 3 is 1.97 bits per heavy atom. The van der Waals surface area contributed by atoms with E-state index >= 15 is 0 Å². The van der Waals surface area contributed by atoms with Crippen LogP contribution in [0.15, 0.2) is 72.8 Å². The molecule has 30 heavy (non-hydrogen) atoms. The molecule has 0 radical (unpaired) electrons. The molecule has 0 fully saturated rings. The van der Waals surface area contributed by atoms with Gasteiger partial charge in [0.1, 0.15) is 17.1 Å². The second-order valence-corrected chi connectivity index (χ2v) is 6.90. The van der Waals surface area contributed by atoms with E-state index in [1.165, 1.54) is 24.6 Å². The van der Waals surface area contributed by atoms with Gasteiger partial charge in [0.25, 0.3) is 0 Å². The highest BCUT2D eigenvalue weighted by Crippen LogP contribution is 2.36. The molecule has 5 aromatic rings. The van der Waals surface area contributed by atoms with Crippen molar-refractivity contribution in [2.45, 2.75) is 0 Å². The molecule has 1 aromatic heterocycles. The number of ether oxygens (including phenoxy) is 1. The first-order valence-corrected chi connectivity index (χ1v) is 9.37. The lowest BCUT2D eigenvalue weighted by molar-refractivity contribution is 0.379. The maximum absolute atomic E-state index is 10.2. The van der Waals surface area contributed by atoms with Gasteiger partial charge >= 0.3 is 6.01 Å². The molecule has 0 bridgehead atoms. The SMILES string of the molecule is COc1nc(-c2ccc3cc4ccccc4cc3c2)nc(-c2c(O)cccc2O)n1. The highest BCUT2D eigenvalue weighted by atomic mass is 16.5. The minimum atomic E-state index is -0.126. The van der Waals surface area contributed by atoms with Gasteiger partial charge in [0.15, 0.2) is 11.6 Å². The van der Waals surface area contributed by atoms with E-state index in [-0.39, 0.29) is 28.9 Å². The van der Waals surface area contributed by atoms with E-state index in [1.54, 1.807) is 6.07 Å². The van der Waals surface area contributed by atoms with E-state index in [0.29, 0.717) is 5.82 Å². The number of methoxy groups -OCH3 is 1. The lowest BCUT2D eigenvalue weighted by Gasteiger charge is -2.10. The number of hydrogen-bond donors (Lipinski definition) is 2. The first kappa shape index (κ1) is 17.9. The zero-order valence-corrected chi connectivity index (χ0v) is 16.1. The summed E-state index contributed by atoms with van der Waals surface area (Å²) in [7, 11) is 1.46. The van der Waals surface area contributed by atoms with Crippen molar-refractivity contribution in [1.82, 2.24) is 15.0 Å². The number of benzene rings is 4. The van der Waals surface area contributed by atoms with Crippen LogP contribution in [-0.4, -0.2) is 32.3 Å². The second-order valence-electron chi connectivity index (χ2n) is 6.90. The standard InChI is InChI=1S/C24H17N3O3/c1-30-24-26-22(25-23(27-24)21-19(28)7-4-8-20(21)29)17-10-9-16-11-14-5-2-3-6-15(14)12-18(16)13-17/h2-13,28-29H,1H3. The molecule has 6 nitrogen and oxygen atoms in total. The van der Waals surface area contributed by atoms with Crippen molar-refractivity contribution in [1.29, 1.82) is 0 Å². The summed E-state index contributed by atoms with van der Waals surface area (Å²) in [5.41, 5.74) is 0.904. The molecule has 0 aliphatic carbocycles. The van der Waals surface area contributed by atoms with Gasteiger partial charge in [-0.15, -0.1) is 0 Å². The predicted octanol–water partition coefficient (Wildman–Crippen LogP) is 4.93. The van der Waals surface area contributed by atoms with Gasteiger partial charge in [0.05, 0.1) is 7.11 Å². The number of phenolic OH excluding ortho intramolecular Hbond substituents is 2. The predicted molar refractivity (Wildman–Crippen MR) is 116 cm³/mol. The Labute approximate surface area is 172 Å². The average molecular weight is 395 g/mol. The summed E-state index contributed by atoms with van der Waals surface area (Å²) in [5.74, 6) is 0.263. The van der Waals surface area contributed by atoms with E-state index in [0.717, 1.165) is 21.7 Å². The second kappa shape index (κ2) is 7.00. The normalized spacial score (nSPS) is 11.1. The van der Waals surface area contributed by atoms with Crippen molar-refractivity contribution in [3.63, 3.8) is 0 Å². The Morgan fingerprint density at radius 1 is 0.633 bits per heavy atom. The van der Waals surface area contributed by atoms with E-state index in [9.17, 15) is 10.2 Å². The van der Waals surface area contributed by atoms with Crippen LogP contribution in [0.2, 0.25) is 0 Å². The molecule has 0 amide bonds. The topological polar surface area (TPSA) is 88.4 Å². The molecule has 0 saturated carbocycles. The highest BCUT2D eigenvalue weighted by molar-refractivity contribution is 5.99. The van der Waals surface area contributed by atoms with Crippen LogP contribution in [0, 0.1) is 0 Å². The van der Waals surface area contributed by atoms with Crippen LogP contribution in [0.25, 0.3) is 44.3 Å². The maximum atomic E-state index is 10.2. The fourth-order valence-corrected chi connectivity index (χ4v) is 3.53. The van der Waals surface area contributed by atoms with Gasteiger partial charge in [-0.3, -0.25) is 0 Å². The number of hydrogen-bond acceptors (Lipinski definition) is 6. The fourth-order valence-electron chi connectivity index (χ4n) is 3.53. The van der Waals surface area contributed by atoms with E-state index in [1.807, 2.05) is 30.3 Å². The third-order valence-corrected chi connectivity index (χ3v) is 5.00. The van der Waals surface area contributed by atoms with Gasteiger partial charge in [-0.1, -0.05) is 42.5 Å². The molecule has 1 heterocycles. The van der Waals surface area contributed by atoms with E-state index < -0.39 is 0 Å². The zero-order chi connectivity index (χ0) is 20.7. The van der Waals surface area contributed by atoms with Gasteiger partial charge in [-0.25, -0.2) is 4.98 Å². The Kier molecular flexibility index (Phi) is 4.17. The van der Waals surface area contributed by atoms with Gasteiger partial charge in [0, 0.05) is 5.56 Å². The van der Waals surface area contributed by atoms with Crippen molar-refractivity contribution in [2.24, 2.45) is 0 Å². The number of aromatic hydroxyl groups is 2. The molecule has 5 rings (SSSR count). The molecule has 0 aliphatic rings. The van der Waals surface area contributed by atoms with Crippen molar-refractivity contribution < 1.29 is 14.9 Å². The quantitative estimate of drug-likeness (QED) is 0.421. The van der Waals surface area contributed by atoms with Crippen LogP contribution in [-0.2, 0) is 0 Å². The number of phenols is 2. The largest absolute Gasteiger partial charge is 0.507 e. The van der Waals surface area contributed by atoms with Crippen LogP contribution in [0.4, 0.5) is 0 Å². The van der Waals surface area contributed by atoms with Crippen LogP contribution < -0.4 is 4.74 Å². The molecular weight excluding hydrogens is 378 g/mol. The molecule has 0 aliphatic heterocycles. The molecule has 146 valence electrons. The summed E-state index contributed by atoms with van der Waals surface area (Å²) in [4.78, 5) is 13.1. The zero-order valence-electron chi connectivity index (χ0n) is 16.1. The Hall–Kier alpha value is -4.19. The minimum Gasteiger partial charge on any atom is -0.507 e. The smallest absolute Gasteiger partial charge is 0.320 e. The summed E-state index contributed by atoms with van der Waals surface area (Å²) in [6.07, 6.45) is 0. The molecule has 0 atom stereocenters. The summed E-state index contributed by atoms with van der Waals surface area (Å²) in [6, 6.07) is 23.0. The first-order valence-electron chi connectivity index (χ1n) is 9.37. The average Bonchev–Trinajstić information content (AvgIpc) is 2.77. The fraction of sp³-hybridized carbons (Fsp3) is 0.0417. The molecular formula is C24H17N3O3. The Bertz CT molecular complexity index is 1400. The number of aromatic nitrogens is 3. The minimum absolute atomic E-state index is 0.0938. The summed E-state index contributed by atoms with van der Waals surface area (Å²) >= 11 is 0. The third-order valence-electron chi connectivity index (χ3n) is 5.00. The highest BCUT2D eigenvalue weighted by Gasteiger charge is 2.17. The lowest BCUT2D eigenvalue weighted by Crippen LogP contribution is -2.01. The van der Waals surface area contributed by atoms with Crippen molar-refractivity contribution >= 4 is 21.5 Å². The van der Waals surface area contributed by atoms with E-state index in [4.69, 9.17) is 4.74 Å². The van der Waals surface area contributed by atoms with Gasteiger partial charge in [-0.2, -0.15) is 9.97 Å². The van der Waals surface area contributed by atoms with Crippen LogP contribution >= 0.6 is 0 Å². The summed E-state index contributed by atoms with van der Waals surface area (Å²) in [5, 5.41) is 24.9.